The van der Waals surface area contributed by atoms with E-state index in [0.717, 1.165) is 28.7 Å². The molecule has 3 nitrogen and oxygen atoms in total. The van der Waals surface area contributed by atoms with Crippen LogP contribution in [0.4, 0.5) is 0 Å². The highest BCUT2D eigenvalue weighted by Gasteiger charge is 2.53. The predicted octanol–water partition coefficient (Wildman–Crippen LogP) is 4.10. The third-order valence-electron chi connectivity index (χ3n) is 5.50. The summed E-state index contributed by atoms with van der Waals surface area (Å²) in [5.74, 6) is 1.78. The summed E-state index contributed by atoms with van der Waals surface area (Å²) in [5.41, 5.74) is 2.48. The molecule has 2 unspecified atom stereocenters. The van der Waals surface area contributed by atoms with Crippen LogP contribution < -0.4 is 0 Å². The molecule has 2 aromatic rings. The lowest BCUT2D eigenvalue weighted by Gasteiger charge is -2.48. The number of carbonyl (C=O) groups is 1. The summed E-state index contributed by atoms with van der Waals surface area (Å²) in [5, 5.41) is 11.0. The maximum Gasteiger partial charge on any atom is 0.174 e. The number of aliphatic hydroxyl groups excluding tert-OH is 1. The zero-order chi connectivity index (χ0) is 20.7. The molecule has 3 rings (SSSR count). The van der Waals surface area contributed by atoms with Gasteiger partial charge in [0.2, 0.25) is 0 Å². The minimum atomic E-state index is -0.969. The van der Waals surface area contributed by atoms with Gasteiger partial charge < -0.3 is 9.84 Å². The maximum absolute atomic E-state index is 13.2. The SMILES string of the molecule is C#Cc1c#cc(-c2ccc(CC)c(C3C(=O)C(C)(C)OC(C)(C)C3O)c2)cc1. The van der Waals surface area contributed by atoms with Crippen LogP contribution in [-0.2, 0) is 16.0 Å². The van der Waals surface area contributed by atoms with Gasteiger partial charge in [0.15, 0.2) is 5.78 Å². The first-order chi connectivity index (χ1) is 13.1. The fourth-order valence-electron chi connectivity index (χ4n) is 4.01. The van der Waals surface area contributed by atoms with Gasteiger partial charge in [-0.15, -0.1) is 6.42 Å². The summed E-state index contributed by atoms with van der Waals surface area (Å²) in [6.07, 6.45) is 5.23. The Morgan fingerprint density at radius 2 is 1.89 bits per heavy atom. The molecule has 1 heterocycles. The monoisotopic (exact) mass is 374 g/mol. The highest BCUT2D eigenvalue weighted by molar-refractivity contribution is 5.94. The Morgan fingerprint density at radius 1 is 1.18 bits per heavy atom. The lowest BCUT2D eigenvalue weighted by Crippen LogP contribution is -2.60. The zero-order valence-electron chi connectivity index (χ0n) is 17.1. The van der Waals surface area contributed by atoms with E-state index in [0.29, 0.717) is 5.56 Å². The zero-order valence-corrected chi connectivity index (χ0v) is 17.1. The van der Waals surface area contributed by atoms with Crippen molar-refractivity contribution in [1.82, 2.24) is 0 Å². The van der Waals surface area contributed by atoms with Crippen molar-refractivity contribution in [3.8, 4) is 23.5 Å². The maximum atomic E-state index is 13.2. The number of benzene rings is 1. The molecule has 1 aliphatic rings. The quantitative estimate of drug-likeness (QED) is 0.823. The topological polar surface area (TPSA) is 46.5 Å². The lowest BCUT2D eigenvalue weighted by atomic mass is 9.72. The van der Waals surface area contributed by atoms with Crippen molar-refractivity contribution in [1.29, 1.82) is 0 Å². The number of ether oxygens (including phenoxy) is 1. The molecule has 1 saturated heterocycles. The van der Waals surface area contributed by atoms with E-state index < -0.39 is 23.2 Å². The Bertz CT molecular complexity index is 929. The standard InChI is InChI=1S/C25H26O3/c1-7-16-9-11-18(12-10-16)19-14-13-17(8-2)20(15-19)21-22(26)24(3,4)28-25(5,6)23(21)27/h1,9,11,13-15,21-22,26H,8H2,2-6H3. The van der Waals surface area contributed by atoms with Crippen molar-refractivity contribution in [2.75, 3.05) is 0 Å². The Labute approximate surface area is 167 Å². The van der Waals surface area contributed by atoms with Gasteiger partial charge in [-0.25, -0.2) is 0 Å². The number of hydrogen-bond acceptors (Lipinski definition) is 3. The fourth-order valence-corrected chi connectivity index (χ4v) is 4.01. The van der Waals surface area contributed by atoms with Gasteiger partial charge in [0.05, 0.1) is 23.2 Å². The molecule has 1 aliphatic heterocycles. The van der Waals surface area contributed by atoms with Gasteiger partial charge in [-0.2, -0.15) is 0 Å². The van der Waals surface area contributed by atoms with Gasteiger partial charge in [0.25, 0.3) is 0 Å². The van der Waals surface area contributed by atoms with Crippen molar-refractivity contribution in [2.24, 2.45) is 0 Å². The summed E-state index contributed by atoms with van der Waals surface area (Å²) in [4.78, 5) is 13.2. The summed E-state index contributed by atoms with van der Waals surface area (Å²) in [7, 11) is 0. The van der Waals surface area contributed by atoms with Gasteiger partial charge >= 0.3 is 0 Å². The lowest BCUT2D eigenvalue weighted by molar-refractivity contribution is -0.210. The predicted molar refractivity (Wildman–Crippen MR) is 110 cm³/mol. The van der Waals surface area contributed by atoms with E-state index >= 15 is 0 Å². The second kappa shape index (κ2) is 7.10. The van der Waals surface area contributed by atoms with E-state index in [1.54, 1.807) is 13.8 Å². The minimum Gasteiger partial charge on any atom is -0.389 e. The van der Waals surface area contributed by atoms with Crippen LogP contribution in [-0.4, -0.2) is 28.2 Å². The first-order valence-electron chi connectivity index (χ1n) is 9.57. The molecule has 144 valence electrons. The first kappa shape index (κ1) is 20.2. The van der Waals surface area contributed by atoms with Crippen LogP contribution in [0.25, 0.3) is 11.1 Å². The van der Waals surface area contributed by atoms with Gasteiger partial charge in [-0.1, -0.05) is 37.1 Å². The van der Waals surface area contributed by atoms with Crippen LogP contribution in [0.1, 0.15) is 57.2 Å². The minimum absolute atomic E-state index is 0.107. The van der Waals surface area contributed by atoms with E-state index in [9.17, 15) is 9.90 Å². The molecule has 0 aliphatic carbocycles. The summed E-state index contributed by atoms with van der Waals surface area (Å²) in [6.45, 7) is 9.25. The molecule has 2 atom stereocenters. The van der Waals surface area contributed by atoms with Crippen LogP contribution in [0.2, 0.25) is 0 Å². The largest absolute Gasteiger partial charge is 0.389 e. The second-order valence-corrected chi connectivity index (χ2v) is 8.32. The molecule has 0 spiro atoms. The van der Waals surface area contributed by atoms with E-state index in [2.05, 4.69) is 18.1 Å². The van der Waals surface area contributed by atoms with E-state index in [4.69, 9.17) is 11.2 Å². The molecule has 28 heavy (non-hydrogen) atoms. The third-order valence-corrected chi connectivity index (χ3v) is 5.50. The number of aliphatic hydroxyl groups is 1. The third kappa shape index (κ3) is 3.45. The molecule has 0 bridgehead atoms. The molecule has 1 N–H and O–H groups in total. The van der Waals surface area contributed by atoms with Crippen molar-refractivity contribution in [3.63, 3.8) is 0 Å². The Balaban J connectivity index is 2.13. The van der Waals surface area contributed by atoms with Gasteiger partial charge in [0, 0.05) is 5.56 Å². The molecule has 3 heteroatoms. The number of Topliss-reactive ketones (excluding diaryl/α,β-unsaturated/α-hetero) is 1. The van der Waals surface area contributed by atoms with Crippen LogP contribution >= 0.6 is 0 Å². The van der Waals surface area contributed by atoms with Gasteiger partial charge in [0.1, 0.15) is 5.60 Å². The second-order valence-electron chi connectivity index (χ2n) is 8.32. The van der Waals surface area contributed by atoms with E-state index in [1.807, 2.05) is 51.1 Å². The average molecular weight is 374 g/mol. The number of ketones is 1. The van der Waals surface area contributed by atoms with Crippen molar-refractivity contribution in [2.45, 2.75) is 64.3 Å². The summed E-state index contributed by atoms with van der Waals surface area (Å²) >= 11 is 0. The Kier molecular flexibility index (Phi) is 5.11. The van der Waals surface area contributed by atoms with E-state index in [1.165, 1.54) is 0 Å². The Morgan fingerprint density at radius 3 is 2.46 bits per heavy atom. The molecular formula is C25H26O3. The first-order valence-corrected chi connectivity index (χ1v) is 9.57. The summed E-state index contributed by atoms with van der Waals surface area (Å²) in [6, 6.07) is 15.8. The highest BCUT2D eigenvalue weighted by Crippen LogP contribution is 2.43. The Hall–Kier alpha value is -2.59. The van der Waals surface area contributed by atoms with Crippen LogP contribution in [0.5, 0.6) is 0 Å². The number of hydrogen-bond donors (Lipinski definition) is 1. The number of terminal acetylenes is 1. The van der Waals surface area contributed by atoms with Crippen LogP contribution in [0.3, 0.4) is 0 Å². The van der Waals surface area contributed by atoms with E-state index in [-0.39, 0.29) is 5.78 Å². The molecule has 0 amide bonds. The van der Waals surface area contributed by atoms with Crippen molar-refractivity contribution in [3.05, 3.63) is 59.2 Å². The molecule has 0 aromatic heterocycles. The van der Waals surface area contributed by atoms with Crippen LogP contribution in [0.15, 0.2) is 30.3 Å². The van der Waals surface area contributed by atoms with Gasteiger partial charge in [-0.3, -0.25) is 4.79 Å². The van der Waals surface area contributed by atoms with Gasteiger partial charge in [-0.05, 0) is 69.0 Å². The normalized spacial score (nSPS) is 23.0. The smallest absolute Gasteiger partial charge is 0.174 e. The fraction of sp³-hybridized carbons (Fsp3) is 0.400. The summed E-state index contributed by atoms with van der Waals surface area (Å²) < 4.78 is 5.92. The number of aryl methyl sites for hydroxylation is 1. The molecular weight excluding hydrogens is 348 g/mol. The average Bonchev–Trinajstić information content (AvgIpc) is 2.66. The molecule has 1 fully saturated rings. The highest BCUT2D eigenvalue weighted by atomic mass is 16.5. The van der Waals surface area contributed by atoms with Crippen molar-refractivity contribution < 1.29 is 14.6 Å². The molecule has 0 radical (unpaired) electrons. The molecule has 0 saturated carbocycles. The van der Waals surface area contributed by atoms with Crippen LogP contribution in [0, 0.1) is 24.5 Å². The number of carbonyl (C=O) groups excluding carboxylic acids is 1. The molecule has 2 aromatic carbocycles. The van der Waals surface area contributed by atoms with Crippen molar-refractivity contribution >= 4 is 5.78 Å². The number of rotatable bonds is 3.